The molecule has 4 rings (SSSR count). The average molecular weight is 480 g/mol. The van der Waals surface area contributed by atoms with Crippen molar-refractivity contribution in [3.63, 3.8) is 0 Å². The van der Waals surface area contributed by atoms with E-state index in [1.54, 1.807) is 12.4 Å². The standard InChI is InChI=1S/C29H33N7/c1-3-28(26-18-25(31-2)6-4-5-7-27(26)30)36-29-13-8-21(20-34-29)19-33-22-9-11-23(12-10-22)35-24-14-16-32-17-15-24/h3,6-18,20,31,33H,4-5,19,30H2,1-2H3,(H,32,35)(H,34,36)/b25-6+,26-18+,27-7-,28-3+. The summed E-state index contributed by atoms with van der Waals surface area (Å²) >= 11 is 0. The van der Waals surface area contributed by atoms with Gasteiger partial charge in [-0.3, -0.25) is 4.98 Å². The highest BCUT2D eigenvalue weighted by Crippen LogP contribution is 2.23. The van der Waals surface area contributed by atoms with Crippen molar-refractivity contribution in [2.45, 2.75) is 26.3 Å². The van der Waals surface area contributed by atoms with E-state index in [9.17, 15) is 0 Å². The maximum atomic E-state index is 6.38. The molecule has 0 fully saturated rings. The average Bonchev–Trinajstić information content (AvgIpc) is 2.91. The van der Waals surface area contributed by atoms with Crippen molar-refractivity contribution in [2.24, 2.45) is 5.73 Å². The highest BCUT2D eigenvalue weighted by molar-refractivity contribution is 5.62. The van der Waals surface area contributed by atoms with Crippen molar-refractivity contribution in [1.82, 2.24) is 15.3 Å². The zero-order chi connectivity index (χ0) is 25.2. The fraction of sp³-hybridized carbons (Fsp3) is 0.172. The van der Waals surface area contributed by atoms with Crippen molar-refractivity contribution in [3.05, 3.63) is 120 Å². The van der Waals surface area contributed by atoms with E-state index in [0.717, 1.165) is 63.9 Å². The Morgan fingerprint density at radius 2 is 1.67 bits per heavy atom. The molecule has 0 spiro atoms. The van der Waals surface area contributed by atoms with Gasteiger partial charge in [0.2, 0.25) is 0 Å². The predicted molar refractivity (Wildman–Crippen MR) is 150 cm³/mol. The van der Waals surface area contributed by atoms with Crippen molar-refractivity contribution in [1.29, 1.82) is 0 Å². The van der Waals surface area contributed by atoms with Crippen LogP contribution >= 0.6 is 0 Å². The molecule has 1 aliphatic rings. The van der Waals surface area contributed by atoms with Crippen LogP contribution in [0.15, 0.2) is 114 Å². The van der Waals surface area contributed by atoms with Gasteiger partial charge in [-0.2, -0.15) is 0 Å². The Morgan fingerprint density at radius 3 is 2.36 bits per heavy atom. The molecule has 2 heterocycles. The van der Waals surface area contributed by atoms with Crippen molar-refractivity contribution < 1.29 is 0 Å². The van der Waals surface area contributed by atoms with Crippen molar-refractivity contribution >= 4 is 22.9 Å². The van der Waals surface area contributed by atoms with E-state index in [0.29, 0.717) is 6.54 Å². The summed E-state index contributed by atoms with van der Waals surface area (Å²) in [6.07, 6.45) is 15.6. The third kappa shape index (κ3) is 6.76. The van der Waals surface area contributed by atoms with E-state index in [1.165, 1.54) is 0 Å². The van der Waals surface area contributed by atoms with E-state index in [2.05, 4.69) is 67.7 Å². The van der Waals surface area contributed by atoms with E-state index in [-0.39, 0.29) is 0 Å². The number of benzene rings is 1. The summed E-state index contributed by atoms with van der Waals surface area (Å²) in [5.74, 6) is 0.768. The molecule has 1 aromatic carbocycles. The van der Waals surface area contributed by atoms with Crippen LogP contribution in [0.2, 0.25) is 0 Å². The van der Waals surface area contributed by atoms with Crippen molar-refractivity contribution in [3.8, 4) is 0 Å². The number of hydrogen-bond donors (Lipinski definition) is 5. The van der Waals surface area contributed by atoms with Gasteiger partial charge in [-0.25, -0.2) is 4.98 Å². The molecule has 0 bridgehead atoms. The molecule has 0 amide bonds. The summed E-state index contributed by atoms with van der Waals surface area (Å²) in [5.41, 5.74) is 14.2. The second-order valence-corrected chi connectivity index (χ2v) is 8.38. The first-order chi connectivity index (χ1) is 17.6. The quantitative estimate of drug-likeness (QED) is 0.264. The van der Waals surface area contributed by atoms with E-state index in [4.69, 9.17) is 5.73 Å². The summed E-state index contributed by atoms with van der Waals surface area (Å²) in [4.78, 5) is 8.65. The van der Waals surface area contributed by atoms with Crippen LogP contribution in [-0.4, -0.2) is 17.0 Å². The highest BCUT2D eigenvalue weighted by atomic mass is 15.0. The zero-order valence-electron chi connectivity index (χ0n) is 20.8. The second kappa shape index (κ2) is 12.3. The Bertz CT molecular complexity index is 1260. The smallest absolute Gasteiger partial charge is 0.130 e. The maximum absolute atomic E-state index is 6.38. The third-order valence-corrected chi connectivity index (χ3v) is 5.81. The lowest BCUT2D eigenvalue weighted by atomic mass is 10.0. The van der Waals surface area contributed by atoms with Gasteiger partial charge in [0, 0.05) is 71.9 Å². The lowest BCUT2D eigenvalue weighted by molar-refractivity contribution is 0.952. The molecule has 0 aliphatic heterocycles. The van der Waals surface area contributed by atoms with Crippen LogP contribution in [0.4, 0.5) is 22.9 Å². The van der Waals surface area contributed by atoms with Gasteiger partial charge in [-0.1, -0.05) is 24.3 Å². The number of nitrogens with two attached hydrogens (primary N) is 1. The van der Waals surface area contributed by atoms with Crippen LogP contribution in [-0.2, 0) is 6.54 Å². The summed E-state index contributed by atoms with van der Waals surface area (Å²) in [6.45, 7) is 2.67. The van der Waals surface area contributed by atoms with Gasteiger partial charge in [0.05, 0.1) is 0 Å². The molecule has 0 radical (unpaired) electrons. The minimum Gasteiger partial charge on any atom is -0.398 e. The van der Waals surface area contributed by atoms with Gasteiger partial charge in [-0.15, -0.1) is 0 Å². The maximum Gasteiger partial charge on any atom is 0.130 e. The molecule has 0 atom stereocenters. The van der Waals surface area contributed by atoms with Crippen LogP contribution in [0.25, 0.3) is 0 Å². The first-order valence-electron chi connectivity index (χ1n) is 12.1. The first-order valence-corrected chi connectivity index (χ1v) is 12.1. The molecule has 0 saturated heterocycles. The molecule has 6 N–H and O–H groups in total. The Morgan fingerprint density at radius 1 is 0.944 bits per heavy atom. The Labute approximate surface area is 213 Å². The number of nitrogens with zero attached hydrogens (tertiary/aromatic N) is 2. The molecule has 7 heteroatoms. The molecule has 2 aromatic heterocycles. The summed E-state index contributed by atoms with van der Waals surface area (Å²) in [7, 11) is 1.92. The fourth-order valence-electron chi connectivity index (χ4n) is 3.81. The van der Waals surface area contributed by atoms with E-state index < -0.39 is 0 Å². The topological polar surface area (TPSA) is 99.9 Å². The van der Waals surface area contributed by atoms with Crippen LogP contribution in [0, 0.1) is 0 Å². The SMILES string of the molecule is C\C=C(Nc1ccc(CNc2ccc(Nc3ccncc3)cc2)cn1)/C1=C/C(NC)=C\CC\C=C\1N. The first kappa shape index (κ1) is 24.6. The number of nitrogens with one attached hydrogen (secondary N) is 4. The van der Waals surface area contributed by atoms with Crippen LogP contribution in [0.1, 0.15) is 25.3 Å². The second-order valence-electron chi connectivity index (χ2n) is 8.38. The van der Waals surface area contributed by atoms with Crippen LogP contribution in [0.3, 0.4) is 0 Å². The number of aromatic nitrogens is 2. The number of anilines is 4. The Hall–Kier alpha value is -4.52. The van der Waals surface area contributed by atoms with Gasteiger partial charge < -0.3 is 27.0 Å². The lowest BCUT2D eigenvalue weighted by Crippen LogP contribution is -2.14. The molecular weight excluding hydrogens is 446 g/mol. The molecule has 3 aromatic rings. The van der Waals surface area contributed by atoms with Gasteiger partial charge in [0.15, 0.2) is 0 Å². The zero-order valence-corrected chi connectivity index (χ0v) is 20.8. The third-order valence-electron chi connectivity index (χ3n) is 5.81. The van der Waals surface area contributed by atoms with Crippen LogP contribution < -0.4 is 27.0 Å². The van der Waals surface area contributed by atoms with Crippen LogP contribution in [0.5, 0.6) is 0 Å². The molecule has 1 aliphatic carbocycles. The Balaban J connectivity index is 1.35. The molecule has 36 heavy (non-hydrogen) atoms. The van der Waals surface area contributed by atoms with Crippen molar-refractivity contribution in [2.75, 3.05) is 23.0 Å². The van der Waals surface area contributed by atoms with E-state index >= 15 is 0 Å². The molecule has 0 saturated carbocycles. The lowest BCUT2D eigenvalue weighted by Gasteiger charge is -2.17. The monoisotopic (exact) mass is 479 g/mol. The Kier molecular flexibility index (Phi) is 8.38. The minimum atomic E-state index is 0.679. The number of likely N-dealkylation sites (N-methyl/N-ethyl adjacent to an activating group) is 1. The van der Waals surface area contributed by atoms with Gasteiger partial charge in [-0.05, 0) is 73.9 Å². The predicted octanol–water partition coefficient (Wildman–Crippen LogP) is 5.81. The molecular formula is C29H33N7. The number of hydrogen-bond acceptors (Lipinski definition) is 7. The minimum absolute atomic E-state index is 0.679. The number of allylic oxidation sites excluding steroid dienone is 4. The largest absolute Gasteiger partial charge is 0.398 e. The summed E-state index contributed by atoms with van der Waals surface area (Å²) in [6, 6.07) is 16.1. The molecule has 0 unspecified atom stereocenters. The van der Waals surface area contributed by atoms with Gasteiger partial charge >= 0.3 is 0 Å². The normalized spacial score (nSPS) is 18.3. The molecule has 184 valence electrons. The number of rotatable bonds is 9. The van der Waals surface area contributed by atoms with Gasteiger partial charge in [0.25, 0.3) is 0 Å². The van der Waals surface area contributed by atoms with Gasteiger partial charge in [0.1, 0.15) is 5.82 Å². The number of pyridine rings is 2. The van der Waals surface area contributed by atoms with E-state index in [1.807, 2.05) is 56.6 Å². The highest BCUT2D eigenvalue weighted by Gasteiger charge is 2.11. The fourth-order valence-corrected chi connectivity index (χ4v) is 3.81. The summed E-state index contributed by atoms with van der Waals surface area (Å²) < 4.78 is 0. The summed E-state index contributed by atoms with van der Waals surface area (Å²) in [5, 5.41) is 13.5. The molecule has 7 nitrogen and oxygen atoms in total.